The Morgan fingerprint density at radius 2 is 1.69 bits per heavy atom. The molecule has 3 heterocycles. The molecular weight excluding hydrogens is 452 g/mol. The number of likely N-dealkylation sites (tertiary alicyclic amines) is 1. The van der Waals surface area contributed by atoms with Gasteiger partial charge in [-0.2, -0.15) is 5.26 Å². The van der Waals surface area contributed by atoms with Crippen LogP contribution in [0.2, 0.25) is 0 Å². The Labute approximate surface area is 209 Å². The number of thioether (sulfide) groups is 1. The second-order valence-electron chi connectivity index (χ2n) is 9.60. The SMILES string of the molecule is N#CC1(CCN2CCC(n3c(=O)[nH]c4ccccc43)CC2)c2ccccc2CSc2ccccc21. The van der Waals surface area contributed by atoms with E-state index in [1.54, 1.807) is 0 Å². The zero-order chi connectivity index (χ0) is 23.8. The molecule has 4 aromatic rings. The molecule has 1 fully saturated rings. The summed E-state index contributed by atoms with van der Waals surface area (Å²) in [5.41, 5.74) is 4.77. The second kappa shape index (κ2) is 9.07. The molecule has 0 aliphatic carbocycles. The molecule has 0 spiro atoms. The van der Waals surface area contributed by atoms with Crippen molar-refractivity contribution in [1.29, 1.82) is 5.26 Å². The highest BCUT2D eigenvalue weighted by Gasteiger charge is 2.40. The maximum atomic E-state index is 12.7. The Bertz CT molecular complexity index is 1420. The fraction of sp³-hybridized carbons (Fsp3) is 0.310. The number of nitriles is 1. The van der Waals surface area contributed by atoms with Crippen LogP contribution in [0.15, 0.2) is 82.5 Å². The van der Waals surface area contributed by atoms with Gasteiger partial charge in [0.2, 0.25) is 0 Å². The standard InChI is InChI=1S/C29H28N4OS/c30-20-29(23-8-2-1-7-21(23)19-35-27-12-6-3-9-24(27)29)15-18-32-16-13-22(14-17-32)33-26-11-5-4-10-25(26)31-28(33)34/h1-12,22H,13-19H2,(H,31,34). The lowest BCUT2D eigenvalue weighted by atomic mass is 9.71. The molecule has 1 saturated heterocycles. The molecule has 1 aromatic heterocycles. The van der Waals surface area contributed by atoms with Crippen LogP contribution >= 0.6 is 11.8 Å². The Kier molecular flexibility index (Phi) is 5.75. The van der Waals surface area contributed by atoms with Crippen LogP contribution in [0.25, 0.3) is 11.0 Å². The van der Waals surface area contributed by atoms with E-state index < -0.39 is 5.41 Å². The number of rotatable bonds is 4. The fourth-order valence-electron chi connectivity index (χ4n) is 5.92. The minimum Gasteiger partial charge on any atom is -0.306 e. The molecule has 1 unspecified atom stereocenters. The third-order valence-corrected chi connectivity index (χ3v) is 8.87. The monoisotopic (exact) mass is 480 g/mol. The molecule has 6 heteroatoms. The lowest BCUT2D eigenvalue weighted by molar-refractivity contribution is 0.179. The number of hydrogen-bond acceptors (Lipinski definition) is 4. The van der Waals surface area contributed by atoms with E-state index in [1.807, 2.05) is 40.6 Å². The lowest BCUT2D eigenvalue weighted by Crippen LogP contribution is -2.40. The number of nitrogens with one attached hydrogen (secondary N) is 1. The highest BCUT2D eigenvalue weighted by molar-refractivity contribution is 7.98. The Balaban J connectivity index is 1.24. The normalized spacial score (nSPS) is 20.7. The molecule has 0 radical (unpaired) electrons. The topological polar surface area (TPSA) is 64.8 Å². The summed E-state index contributed by atoms with van der Waals surface area (Å²) in [6.07, 6.45) is 2.63. The van der Waals surface area contributed by atoms with E-state index >= 15 is 0 Å². The predicted octanol–water partition coefficient (Wildman–Crippen LogP) is 5.47. The van der Waals surface area contributed by atoms with Crippen LogP contribution in [-0.2, 0) is 11.2 Å². The maximum Gasteiger partial charge on any atom is 0.326 e. The largest absolute Gasteiger partial charge is 0.326 e. The van der Waals surface area contributed by atoms with Crippen LogP contribution in [0, 0.1) is 11.3 Å². The third-order valence-electron chi connectivity index (χ3n) is 7.75. The van der Waals surface area contributed by atoms with Crippen molar-refractivity contribution in [2.45, 2.75) is 41.4 Å². The van der Waals surface area contributed by atoms with E-state index in [9.17, 15) is 10.1 Å². The van der Waals surface area contributed by atoms with E-state index in [2.05, 4.69) is 64.5 Å². The van der Waals surface area contributed by atoms with E-state index in [0.29, 0.717) is 0 Å². The number of aromatic amines is 1. The van der Waals surface area contributed by atoms with Crippen molar-refractivity contribution >= 4 is 22.8 Å². The van der Waals surface area contributed by atoms with Crippen LogP contribution in [0.3, 0.4) is 0 Å². The molecule has 176 valence electrons. The zero-order valence-corrected chi connectivity index (χ0v) is 20.4. The first-order chi connectivity index (χ1) is 17.2. The molecule has 1 N–H and O–H groups in total. The molecule has 6 rings (SSSR count). The van der Waals surface area contributed by atoms with Crippen LogP contribution in [0.4, 0.5) is 0 Å². The second-order valence-corrected chi connectivity index (χ2v) is 10.6. The van der Waals surface area contributed by atoms with E-state index in [-0.39, 0.29) is 11.7 Å². The van der Waals surface area contributed by atoms with Gasteiger partial charge in [-0.15, -0.1) is 11.8 Å². The highest BCUT2D eigenvalue weighted by atomic mass is 32.2. The number of para-hydroxylation sites is 2. The van der Waals surface area contributed by atoms with Gasteiger partial charge >= 0.3 is 5.69 Å². The van der Waals surface area contributed by atoms with Crippen molar-refractivity contribution in [2.75, 3.05) is 19.6 Å². The minimum absolute atomic E-state index is 0.0164. The van der Waals surface area contributed by atoms with Crippen molar-refractivity contribution < 1.29 is 0 Å². The number of H-pyrrole nitrogens is 1. The predicted molar refractivity (Wildman–Crippen MR) is 141 cm³/mol. The zero-order valence-electron chi connectivity index (χ0n) is 19.6. The first kappa shape index (κ1) is 22.2. The highest BCUT2D eigenvalue weighted by Crippen LogP contribution is 2.46. The number of benzene rings is 3. The van der Waals surface area contributed by atoms with Crippen molar-refractivity contribution in [3.8, 4) is 6.07 Å². The quantitative estimate of drug-likeness (QED) is 0.421. The van der Waals surface area contributed by atoms with Gasteiger partial charge in [-0.05, 0) is 54.2 Å². The van der Waals surface area contributed by atoms with E-state index in [0.717, 1.165) is 66.8 Å². The van der Waals surface area contributed by atoms with Crippen molar-refractivity contribution in [3.63, 3.8) is 0 Å². The summed E-state index contributed by atoms with van der Waals surface area (Å²) in [5, 5.41) is 10.7. The molecule has 5 nitrogen and oxygen atoms in total. The smallest absolute Gasteiger partial charge is 0.306 e. The minimum atomic E-state index is -0.651. The van der Waals surface area contributed by atoms with Gasteiger partial charge in [0.25, 0.3) is 0 Å². The van der Waals surface area contributed by atoms with Gasteiger partial charge in [0, 0.05) is 36.3 Å². The molecule has 1 atom stereocenters. The molecule has 0 amide bonds. The van der Waals surface area contributed by atoms with Crippen LogP contribution < -0.4 is 5.69 Å². The van der Waals surface area contributed by atoms with Gasteiger partial charge in [0.15, 0.2) is 0 Å². The van der Waals surface area contributed by atoms with Gasteiger partial charge in [0.05, 0.1) is 17.1 Å². The van der Waals surface area contributed by atoms with Gasteiger partial charge in [-0.3, -0.25) is 4.57 Å². The Morgan fingerprint density at radius 3 is 2.51 bits per heavy atom. The average molecular weight is 481 g/mol. The number of aromatic nitrogens is 2. The molecule has 2 aliphatic heterocycles. The van der Waals surface area contributed by atoms with Crippen molar-refractivity contribution in [3.05, 3.63) is 100.0 Å². The number of hydrogen-bond donors (Lipinski definition) is 1. The third kappa shape index (κ3) is 3.80. The van der Waals surface area contributed by atoms with Crippen molar-refractivity contribution in [2.24, 2.45) is 0 Å². The van der Waals surface area contributed by atoms with Gasteiger partial charge in [-0.25, -0.2) is 4.79 Å². The Hall–Kier alpha value is -3.27. The summed E-state index contributed by atoms with van der Waals surface area (Å²) >= 11 is 1.83. The van der Waals surface area contributed by atoms with Gasteiger partial charge < -0.3 is 9.88 Å². The summed E-state index contributed by atoms with van der Waals surface area (Å²) in [6, 6.07) is 27.8. The molecule has 0 saturated carbocycles. The van der Waals surface area contributed by atoms with Crippen molar-refractivity contribution in [1.82, 2.24) is 14.5 Å². The van der Waals surface area contributed by atoms with Gasteiger partial charge in [0.1, 0.15) is 5.41 Å². The van der Waals surface area contributed by atoms with E-state index in [1.165, 1.54) is 10.5 Å². The summed E-state index contributed by atoms with van der Waals surface area (Å²) < 4.78 is 1.94. The molecular formula is C29H28N4OS. The fourth-order valence-corrected chi connectivity index (χ4v) is 7.05. The first-order valence-corrected chi connectivity index (χ1v) is 13.3. The van der Waals surface area contributed by atoms with E-state index in [4.69, 9.17) is 0 Å². The average Bonchev–Trinajstić information content (AvgIpc) is 3.17. The summed E-state index contributed by atoms with van der Waals surface area (Å²) in [5.74, 6) is 0.890. The molecule has 2 aliphatic rings. The first-order valence-electron chi connectivity index (χ1n) is 12.3. The number of imidazole rings is 1. The van der Waals surface area contributed by atoms with Crippen LogP contribution in [0.5, 0.6) is 0 Å². The van der Waals surface area contributed by atoms with Crippen LogP contribution in [-0.4, -0.2) is 34.1 Å². The van der Waals surface area contributed by atoms with Gasteiger partial charge in [-0.1, -0.05) is 54.6 Å². The Morgan fingerprint density at radius 1 is 0.971 bits per heavy atom. The summed E-state index contributed by atoms with van der Waals surface area (Å²) in [7, 11) is 0. The molecule has 3 aromatic carbocycles. The number of nitrogens with zero attached hydrogens (tertiary/aromatic N) is 3. The lowest BCUT2D eigenvalue weighted by Gasteiger charge is -2.36. The maximum absolute atomic E-state index is 12.7. The van der Waals surface area contributed by atoms with Crippen LogP contribution in [0.1, 0.15) is 42.0 Å². The molecule has 0 bridgehead atoms. The number of fused-ring (bicyclic) bond motifs is 3. The number of piperidine rings is 1. The summed E-state index contributed by atoms with van der Waals surface area (Å²) in [6.45, 7) is 2.71. The summed E-state index contributed by atoms with van der Waals surface area (Å²) in [4.78, 5) is 19.3. The molecule has 35 heavy (non-hydrogen) atoms.